The molecule has 1 aromatic rings. The second-order valence-corrected chi connectivity index (χ2v) is 6.54. The first-order valence-corrected chi connectivity index (χ1v) is 7.93. The molecule has 2 aliphatic rings. The quantitative estimate of drug-likeness (QED) is 0.896. The summed E-state index contributed by atoms with van der Waals surface area (Å²) in [7, 11) is 0. The molecule has 0 saturated carbocycles. The molecule has 0 amide bonds. The molecule has 0 aromatic heterocycles. The van der Waals surface area contributed by atoms with E-state index in [9.17, 15) is 0 Å². The maximum atomic E-state index is 5.76. The largest absolute Gasteiger partial charge is 0.486 e. The Kier molecular flexibility index (Phi) is 4.40. The Bertz CT molecular complexity index is 521. The van der Waals surface area contributed by atoms with Crippen molar-refractivity contribution in [3.63, 3.8) is 0 Å². The van der Waals surface area contributed by atoms with Crippen LogP contribution in [0.1, 0.15) is 19.4 Å². The van der Waals surface area contributed by atoms with Gasteiger partial charge in [-0.05, 0) is 47.5 Å². The number of nitrogens with one attached hydrogen (secondary N) is 1. The van der Waals surface area contributed by atoms with Gasteiger partial charge >= 0.3 is 0 Å². The average molecular weight is 358 g/mol. The van der Waals surface area contributed by atoms with Gasteiger partial charge in [0.1, 0.15) is 13.2 Å². The molecular weight excluding hydrogens is 338 g/mol. The molecule has 1 unspecified atom stereocenters. The predicted octanol–water partition coefficient (Wildman–Crippen LogP) is 2.46. The minimum atomic E-state index is -0.466. The van der Waals surface area contributed by atoms with Crippen molar-refractivity contribution in [2.24, 2.45) is 0 Å². The number of halogens is 1. The molecule has 0 aliphatic carbocycles. The van der Waals surface area contributed by atoms with Crippen LogP contribution in [-0.2, 0) is 16.0 Å². The number of ether oxygens (including phenoxy) is 4. The topological polar surface area (TPSA) is 49.0 Å². The minimum absolute atomic E-state index is 0.0978. The second kappa shape index (κ2) is 6.12. The molecule has 0 spiro atoms. The molecule has 3 rings (SSSR count). The zero-order valence-corrected chi connectivity index (χ0v) is 13.9. The molecular formula is C15H20BrNO4. The summed E-state index contributed by atoms with van der Waals surface area (Å²) in [6.07, 6.45) is 0.0978. The van der Waals surface area contributed by atoms with Crippen molar-refractivity contribution in [2.45, 2.75) is 32.3 Å². The van der Waals surface area contributed by atoms with E-state index in [0.29, 0.717) is 19.8 Å². The molecule has 2 aliphatic heterocycles. The Morgan fingerprint density at radius 2 is 2.10 bits per heavy atom. The summed E-state index contributed by atoms with van der Waals surface area (Å²) in [5.74, 6) is 1.13. The third-order valence-electron chi connectivity index (χ3n) is 3.43. The first-order valence-electron chi connectivity index (χ1n) is 7.14. The smallest absolute Gasteiger partial charge is 0.175 e. The molecule has 2 heterocycles. The van der Waals surface area contributed by atoms with Crippen LogP contribution in [-0.4, -0.2) is 38.3 Å². The molecule has 1 fully saturated rings. The van der Waals surface area contributed by atoms with Crippen molar-refractivity contribution in [2.75, 3.05) is 26.4 Å². The summed E-state index contributed by atoms with van der Waals surface area (Å²) in [5.41, 5.74) is 1.14. The molecule has 0 radical (unpaired) electrons. The van der Waals surface area contributed by atoms with Crippen molar-refractivity contribution in [1.82, 2.24) is 5.32 Å². The zero-order valence-electron chi connectivity index (χ0n) is 12.3. The standard InChI is InChI=1S/C15H20BrNO4/c1-15(2)20-9-11(21-15)8-17-7-10-5-12(16)14-13(6-10)18-3-4-19-14/h5-6,11,17H,3-4,7-9H2,1-2H3. The Balaban J connectivity index is 1.55. The van der Waals surface area contributed by atoms with Gasteiger partial charge in [0.25, 0.3) is 0 Å². The highest BCUT2D eigenvalue weighted by Crippen LogP contribution is 2.38. The second-order valence-electron chi connectivity index (χ2n) is 5.68. The van der Waals surface area contributed by atoms with Gasteiger partial charge < -0.3 is 24.3 Å². The van der Waals surface area contributed by atoms with Crippen LogP contribution in [0.5, 0.6) is 11.5 Å². The van der Waals surface area contributed by atoms with E-state index in [-0.39, 0.29) is 6.10 Å². The van der Waals surface area contributed by atoms with Crippen LogP contribution < -0.4 is 14.8 Å². The van der Waals surface area contributed by atoms with Crippen LogP contribution in [0.3, 0.4) is 0 Å². The molecule has 1 aromatic carbocycles. The lowest BCUT2D eigenvalue weighted by Crippen LogP contribution is -2.30. The van der Waals surface area contributed by atoms with Gasteiger partial charge in [0.2, 0.25) is 0 Å². The Morgan fingerprint density at radius 1 is 1.29 bits per heavy atom. The molecule has 6 heteroatoms. The van der Waals surface area contributed by atoms with Crippen LogP contribution in [0.15, 0.2) is 16.6 Å². The van der Waals surface area contributed by atoms with Gasteiger partial charge in [0.05, 0.1) is 17.2 Å². The van der Waals surface area contributed by atoms with E-state index in [1.165, 1.54) is 0 Å². The van der Waals surface area contributed by atoms with Crippen molar-refractivity contribution >= 4 is 15.9 Å². The SMILES string of the molecule is CC1(C)OCC(CNCc2cc(Br)c3c(c2)OCCO3)O1. The molecule has 0 bridgehead atoms. The van der Waals surface area contributed by atoms with Crippen LogP contribution in [0, 0.1) is 0 Å². The van der Waals surface area contributed by atoms with Gasteiger partial charge in [0, 0.05) is 13.1 Å². The predicted molar refractivity (Wildman–Crippen MR) is 81.7 cm³/mol. The highest BCUT2D eigenvalue weighted by Gasteiger charge is 2.32. The van der Waals surface area contributed by atoms with Gasteiger partial charge in [-0.15, -0.1) is 0 Å². The lowest BCUT2D eigenvalue weighted by atomic mass is 10.2. The summed E-state index contributed by atoms with van der Waals surface area (Å²) in [6.45, 7) is 7.20. The van der Waals surface area contributed by atoms with E-state index in [4.69, 9.17) is 18.9 Å². The molecule has 21 heavy (non-hydrogen) atoms. The molecule has 1 atom stereocenters. The van der Waals surface area contributed by atoms with Crippen molar-refractivity contribution in [3.8, 4) is 11.5 Å². The fourth-order valence-corrected chi connectivity index (χ4v) is 3.11. The highest BCUT2D eigenvalue weighted by molar-refractivity contribution is 9.10. The van der Waals surface area contributed by atoms with E-state index in [2.05, 4.69) is 27.3 Å². The van der Waals surface area contributed by atoms with Crippen molar-refractivity contribution in [1.29, 1.82) is 0 Å². The number of hydrogen-bond donors (Lipinski definition) is 1. The van der Waals surface area contributed by atoms with Crippen LogP contribution in [0.2, 0.25) is 0 Å². The summed E-state index contributed by atoms with van der Waals surface area (Å²) < 4.78 is 23.4. The minimum Gasteiger partial charge on any atom is -0.486 e. The highest BCUT2D eigenvalue weighted by atomic mass is 79.9. The number of fused-ring (bicyclic) bond motifs is 1. The Labute approximate surface area is 133 Å². The zero-order chi connectivity index (χ0) is 14.9. The maximum Gasteiger partial charge on any atom is 0.175 e. The van der Waals surface area contributed by atoms with E-state index < -0.39 is 5.79 Å². The van der Waals surface area contributed by atoms with Gasteiger partial charge in [-0.3, -0.25) is 0 Å². The van der Waals surface area contributed by atoms with Gasteiger partial charge in [-0.2, -0.15) is 0 Å². The average Bonchev–Trinajstić information content (AvgIpc) is 2.78. The monoisotopic (exact) mass is 357 g/mol. The lowest BCUT2D eigenvalue weighted by molar-refractivity contribution is -0.137. The molecule has 1 N–H and O–H groups in total. The normalized spacial score (nSPS) is 23.3. The van der Waals surface area contributed by atoms with Crippen molar-refractivity contribution in [3.05, 3.63) is 22.2 Å². The molecule has 1 saturated heterocycles. The fraction of sp³-hybridized carbons (Fsp3) is 0.600. The van der Waals surface area contributed by atoms with Crippen LogP contribution >= 0.6 is 15.9 Å². The van der Waals surface area contributed by atoms with E-state index in [1.54, 1.807) is 0 Å². The number of hydrogen-bond acceptors (Lipinski definition) is 5. The number of benzene rings is 1. The van der Waals surface area contributed by atoms with Crippen LogP contribution in [0.4, 0.5) is 0 Å². The third kappa shape index (κ3) is 3.69. The molecule has 116 valence electrons. The van der Waals surface area contributed by atoms with Gasteiger partial charge in [-0.25, -0.2) is 0 Å². The summed E-state index contributed by atoms with van der Waals surface area (Å²) in [5, 5.41) is 3.39. The Morgan fingerprint density at radius 3 is 2.86 bits per heavy atom. The van der Waals surface area contributed by atoms with E-state index >= 15 is 0 Å². The van der Waals surface area contributed by atoms with Gasteiger partial charge in [-0.1, -0.05) is 0 Å². The maximum absolute atomic E-state index is 5.76. The van der Waals surface area contributed by atoms with E-state index in [1.807, 2.05) is 19.9 Å². The molecule has 5 nitrogen and oxygen atoms in total. The van der Waals surface area contributed by atoms with Crippen molar-refractivity contribution < 1.29 is 18.9 Å². The summed E-state index contributed by atoms with van der Waals surface area (Å²) in [4.78, 5) is 0. The first-order chi connectivity index (χ1) is 10.0. The van der Waals surface area contributed by atoms with E-state index in [0.717, 1.165) is 34.6 Å². The fourth-order valence-electron chi connectivity index (χ4n) is 2.51. The first kappa shape index (κ1) is 15.1. The summed E-state index contributed by atoms with van der Waals surface area (Å²) in [6, 6.07) is 4.07. The lowest BCUT2D eigenvalue weighted by Gasteiger charge is -2.21. The third-order valence-corrected chi connectivity index (χ3v) is 4.01. The van der Waals surface area contributed by atoms with Gasteiger partial charge in [0.15, 0.2) is 17.3 Å². The Hall–Kier alpha value is -0.820. The van der Waals surface area contributed by atoms with Crippen LogP contribution in [0.25, 0.3) is 0 Å². The summed E-state index contributed by atoms with van der Waals surface area (Å²) >= 11 is 3.53. The number of rotatable bonds is 4.